The Morgan fingerprint density at radius 1 is 0.889 bits per heavy atom. The van der Waals surface area contributed by atoms with E-state index in [0.717, 1.165) is 11.1 Å². The summed E-state index contributed by atoms with van der Waals surface area (Å²) in [5.41, 5.74) is 2.73. The maximum absolute atomic E-state index is 14.0. The summed E-state index contributed by atoms with van der Waals surface area (Å²) in [6.45, 7) is 0.644. The van der Waals surface area contributed by atoms with E-state index >= 15 is 0 Å². The van der Waals surface area contributed by atoms with E-state index in [1.165, 1.54) is 9.58 Å². The zero-order valence-electron chi connectivity index (χ0n) is 19.4. The minimum Gasteiger partial charge on any atom is -0.506 e. The van der Waals surface area contributed by atoms with Gasteiger partial charge in [-0.25, -0.2) is 9.48 Å². The second-order valence-corrected chi connectivity index (χ2v) is 8.62. The SMILES string of the molecule is O=C(O)N1CCN(C(=O)c2nnn(-c3ccccc3O)c2-c2ccccc2)C(Cc2ccccc2)C1. The van der Waals surface area contributed by atoms with Gasteiger partial charge in [0.05, 0.1) is 6.04 Å². The number of hydrogen-bond donors (Lipinski definition) is 2. The van der Waals surface area contributed by atoms with Gasteiger partial charge in [0.2, 0.25) is 0 Å². The smallest absolute Gasteiger partial charge is 0.407 e. The van der Waals surface area contributed by atoms with Gasteiger partial charge < -0.3 is 20.0 Å². The van der Waals surface area contributed by atoms with Crippen molar-refractivity contribution in [2.24, 2.45) is 0 Å². The fourth-order valence-corrected chi connectivity index (χ4v) is 4.59. The summed E-state index contributed by atoms with van der Waals surface area (Å²) in [4.78, 5) is 28.7. The molecule has 2 amide bonds. The lowest BCUT2D eigenvalue weighted by molar-refractivity contribution is 0.0446. The first kappa shape index (κ1) is 23.1. The first-order chi connectivity index (χ1) is 17.5. The molecule has 1 atom stereocenters. The standard InChI is InChI=1S/C27H25N5O4/c33-23-14-8-7-13-22(23)32-25(20-11-5-2-6-12-20)24(28-29-32)26(34)31-16-15-30(27(35)36)18-21(31)17-19-9-3-1-4-10-19/h1-14,21,33H,15-18H2,(H,35,36). The van der Waals surface area contributed by atoms with E-state index in [1.54, 1.807) is 29.2 Å². The molecule has 1 aromatic heterocycles. The van der Waals surface area contributed by atoms with Gasteiger partial charge in [0.1, 0.15) is 17.1 Å². The van der Waals surface area contributed by atoms with Gasteiger partial charge in [0.15, 0.2) is 5.69 Å². The number of benzene rings is 3. The first-order valence-electron chi connectivity index (χ1n) is 11.6. The molecule has 9 nitrogen and oxygen atoms in total. The number of nitrogens with zero attached hydrogens (tertiary/aromatic N) is 5. The number of para-hydroxylation sites is 2. The van der Waals surface area contributed by atoms with Crippen LogP contribution in [0, 0.1) is 0 Å². The number of phenolic OH excluding ortho intramolecular Hbond substituents is 1. The van der Waals surface area contributed by atoms with Crippen LogP contribution in [0.5, 0.6) is 5.75 Å². The molecule has 1 fully saturated rings. The molecule has 3 aromatic carbocycles. The molecule has 1 aliphatic rings. The van der Waals surface area contributed by atoms with Crippen LogP contribution >= 0.6 is 0 Å². The number of carbonyl (C=O) groups excluding carboxylic acids is 1. The molecule has 2 N–H and O–H groups in total. The van der Waals surface area contributed by atoms with Crippen molar-refractivity contribution in [3.05, 3.63) is 96.2 Å². The monoisotopic (exact) mass is 483 g/mol. The number of hydrogen-bond acceptors (Lipinski definition) is 5. The number of carbonyl (C=O) groups is 2. The van der Waals surface area contributed by atoms with E-state index in [0.29, 0.717) is 17.8 Å². The van der Waals surface area contributed by atoms with Gasteiger partial charge in [-0.05, 0) is 24.1 Å². The molecule has 0 spiro atoms. The zero-order valence-corrected chi connectivity index (χ0v) is 19.4. The number of amides is 2. The molecule has 0 aliphatic carbocycles. The molecule has 36 heavy (non-hydrogen) atoms. The molecule has 1 saturated heterocycles. The molecule has 2 heterocycles. The van der Waals surface area contributed by atoms with E-state index in [4.69, 9.17) is 0 Å². The predicted molar refractivity (Wildman–Crippen MR) is 133 cm³/mol. The van der Waals surface area contributed by atoms with Crippen molar-refractivity contribution >= 4 is 12.0 Å². The Morgan fingerprint density at radius 2 is 1.56 bits per heavy atom. The fourth-order valence-electron chi connectivity index (χ4n) is 4.59. The fraction of sp³-hybridized carbons (Fsp3) is 0.185. The van der Waals surface area contributed by atoms with Gasteiger partial charge in [-0.15, -0.1) is 5.10 Å². The molecule has 1 aliphatic heterocycles. The summed E-state index contributed by atoms with van der Waals surface area (Å²) in [6, 6.07) is 25.4. The summed E-state index contributed by atoms with van der Waals surface area (Å²) in [6.07, 6.45) is -0.499. The Bertz CT molecular complexity index is 1370. The van der Waals surface area contributed by atoms with E-state index in [2.05, 4.69) is 10.3 Å². The summed E-state index contributed by atoms with van der Waals surface area (Å²) in [7, 11) is 0. The van der Waals surface area contributed by atoms with Crippen molar-refractivity contribution in [3.8, 4) is 22.7 Å². The molecular formula is C27H25N5O4. The third-order valence-electron chi connectivity index (χ3n) is 6.36. The summed E-state index contributed by atoms with van der Waals surface area (Å²) in [5, 5.41) is 28.6. The normalized spacial score (nSPS) is 15.6. The molecule has 0 saturated carbocycles. The van der Waals surface area contributed by atoms with E-state index in [1.807, 2.05) is 60.7 Å². The third-order valence-corrected chi connectivity index (χ3v) is 6.36. The minimum absolute atomic E-state index is 0.00982. The van der Waals surface area contributed by atoms with Gasteiger partial charge in [0, 0.05) is 25.2 Å². The van der Waals surface area contributed by atoms with E-state index in [9.17, 15) is 19.8 Å². The number of carboxylic acid groups (broad SMARTS) is 1. The number of piperazine rings is 1. The van der Waals surface area contributed by atoms with Crippen LogP contribution in [0.4, 0.5) is 4.79 Å². The highest BCUT2D eigenvalue weighted by Crippen LogP contribution is 2.30. The van der Waals surface area contributed by atoms with E-state index in [-0.39, 0.29) is 43.0 Å². The van der Waals surface area contributed by atoms with Crippen LogP contribution in [0.15, 0.2) is 84.9 Å². The average molecular weight is 484 g/mol. The van der Waals surface area contributed by atoms with Crippen molar-refractivity contribution in [3.63, 3.8) is 0 Å². The van der Waals surface area contributed by atoms with Crippen LogP contribution in [0.1, 0.15) is 16.1 Å². The van der Waals surface area contributed by atoms with Crippen LogP contribution in [0.2, 0.25) is 0 Å². The average Bonchev–Trinajstić information content (AvgIpc) is 3.34. The summed E-state index contributed by atoms with van der Waals surface area (Å²) < 4.78 is 1.47. The first-order valence-corrected chi connectivity index (χ1v) is 11.6. The maximum Gasteiger partial charge on any atom is 0.407 e. The number of aromatic nitrogens is 3. The molecule has 4 aromatic rings. The van der Waals surface area contributed by atoms with Crippen molar-refractivity contribution in [2.75, 3.05) is 19.6 Å². The lowest BCUT2D eigenvalue weighted by atomic mass is 10.0. The summed E-state index contributed by atoms with van der Waals surface area (Å²) in [5.74, 6) is -0.322. The second-order valence-electron chi connectivity index (χ2n) is 8.62. The molecule has 5 rings (SSSR count). The topological polar surface area (TPSA) is 112 Å². The van der Waals surface area contributed by atoms with Crippen LogP contribution < -0.4 is 0 Å². The van der Waals surface area contributed by atoms with Crippen LogP contribution in [0.3, 0.4) is 0 Å². The van der Waals surface area contributed by atoms with Crippen molar-refractivity contribution < 1.29 is 19.8 Å². The lowest BCUT2D eigenvalue weighted by Gasteiger charge is -2.40. The number of phenols is 1. The molecular weight excluding hydrogens is 458 g/mol. The highest BCUT2D eigenvalue weighted by Gasteiger charge is 2.36. The molecule has 182 valence electrons. The summed E-state index contributed by atoms with van der Waals surface area (Å²) >= 11 is 0. The third kappa shape index (κ3) is 4.50. The zero-order chi connectivity index (χ0) is 25.1. The lowest BCUT2D eigenvalue weighted by Crippen LogP contribution is -2.57. The largest absolute Gasteiger partial charge is 0.506 e. The molecule has 0 radical (unpaired) electrons. The Hall–Kier alpha value is -4.66. The van der Waals surface area contributed by atoms with Crippen LogP contribution in [-0.4, -0.2) is 72.7 Å². The Balaban J connectivity index is 1.56. The van der Waals surface area contributed by atoms with Crippen LogP contribution in [-0.2, 0) is 6.42 Å². The van der Waals surface area contributed by atoms with Gasteiger partial charge in [-0.2, -0.15) is 0 Å². The second kappa shape index (κ2) is 9.91. The number of aromatic hydroxyl groups is 1. The molecule has 0 bridgehead atoms. The van der Waals surface area contributed by atoms with Gasteiger partial charge in [0.25, 0.3) is 5.91 Å². The quantitative estimate of drug-likeness (QED) is 0.448. The van der Waals surface area contributed by atoms with Crippen molar-refractivity contribution in [1.29, 1.82) is 0 Å². The Kier molecular flexibility index (Phi) is 6.36. The highest BCUT2D eigenvalue weighted by atomic mass is 16.4. The Morgan fingerprint density at radius 3 is 2.25 bits per heavy atom. The van der Waals surface area contributed by atoms with Crippen LogP contribution in [0.25, 0.3) is 16.9 Å². The number of rotatable bonds is 5. The van der Waals surface area contributed by atoms with Gasteiger partial charge in [-0.1, -0.05) is 78.0 Å². The molecule has 9 heteroatoms. The van der Waals surface area contributed by atoms with E-state index < -0.39 is 6.09 Å². The van der Waals surface area contributed by atoms with Gasteiger partial charge >= 0.3 is 6.09 Å². The van der Waals surface area contributed by atoms with Crippen molar-refractivity contribution in [2.45, 2.75) is 12.5 Å². The Labute approximate surface area is 207 Å². The van der Waals surface area contributed by atoms with Crippen molar-refractivity contribution in [1.82, 2.24) is 24.8 Å². The predicted octanol–water partition coefficient (Wildman–Crippen LogP) is 3.69. The maximum atomic E-state index is 14.0. The van der Waals surface area contributed by atoms with Gasteiger partial charge in [-0.3, -0.25) is 4.79 Å². The highest BCUT2D eigenvalue weighted by molar-refractivity contribution is 5.98. The minimum atomic E-state index is -1.00. The molecule has 1 unspecified atom stereocenters.